The van der Waals surface area contributed by atoms with Gasteiger partial charge in [-0.2, -0.15) is 0 Å². The van der Waals surface area contributed by atoms with Gasteiger partial charge in [0.15, 0.2) is 0 Å². The zero-order chi connectivity index (χ0) is 15.4. The molecule has 0 aliphatic heterocycles. The molecule has 21 heavy (non-hydrogen) atoms. The number of halogens is 1. The highest BCUT2D eigenvalue weighted by atomic mass is 79.9. The Labute approximate surface area is 134 Å². The lowest BCUT2D eigenvalue weighted by Crippen LogP contribution is -2.04. The van der Waals surface area contributed by atoms with Crippen LogP contribution < -0.4 is 4.74 Å². The van der Waals surface area contributed by atoms with Crippen LogP contribution in [-0.2, 0) is 6.42 Å². The second kappa shape index (κ2) is 7.10. The summed E-state index contributed by atoms with van der Waals surface area (Å²) in [5, 5.41) is 10.5. The first-order valence-corrected chi connectivity index (χ1v) is 7.97. The first-order chi connectivity index (χ1) is 10.0. The lowest BCUT2D eigenvalue weighted by atomic mass is 9.98. The monoisotopic (exact) mass is 348 g/mol. The summed E-state index contributed by atoms with van der Waals surface area (Å²) in [6.07, 6.45) is 0.0745. The quantitative estimate of drug-likeness (QED) is 0.845. The number of aliphatic hydroxyl groups is 1. The van der Waals surface area contributed by atoms with Crippen molar-refractivity contribution >= 4 is 15.9 Å². The van der Waals surface area contributed by atoms with E-state index < -0.39 is 6.10 Å². The van der Waals surface area contributed by atoms with Crippen LogP contribution in [-0.4, -0.2) is 11.7 Å². The normalized spacial score (nSPS) is 12.2. The van der Waals surface area contributed by atoms with E-state index in [4.69, 9.17) is 4.74 Å². The van der Waals surface area contributed by atoms with E-state index in [9.17, 15) is 5.11 Å². The van der Waals surface area contributed by atoms with E-state index in [1.54, 1.807) is 0 Å². The van der Waals surface area contributed by atoms with Crippen molar-refractivity contribution in [1.82, 2.24) is 0 Å². The molecule has 1 N–H and O–H groups in total. The van der Waals surface area contributed by atoms with Crippen LogP contribution in [0.5, 0.6) is 5.75 Å². The van der Waals surface area contributed by atoms with E-state index in [0.717, 1.165) is 21.3 Å². The maximum Gasteiger partial charge on any atom is 0.120 e. The van der Waals surface area contributed by atoms with Gasteiger partial charge in [0, 0.05) is 10.9 Å². The summed E-state index contributed by atoms with van der Waals surface area (Å²) in [5.41, 5.74) is 4.56. The van der Waals surface area contributed by atoms with E-state index in [1.165, 1.54) is 11.1 Å². The fraction of sp³-hybridized carbons (Fsp3) is 0.333. The van der Waals surface area contributed by atoms with Gasteiger partial charge in [-0.05, 0) is 55.2 Å². The Bertz CT molecular complexity index is 623. The van der Waals surface area contributed by atoms with Crippen LogP contribution in [0.3, 0.4) is 0 Å². The van der Waals surface area contributed by atoms with E-state index in [2.05, 4.69) is 48.0 Å². The highest BCUT2D eigenvalue weighted by Crippen LogP contribution is 2.30. The van der Waals surface area contributed by atoms with Crippen molar-refractivity contribution in [3.8, 4) is 5.75 Å². The number of ether oxygens (including phenoxy) is 1. The minimum absolute atomic E-state index is 0.530. The smallest absolute Gasteiger partial charge is 0.120 e. The fourth-order valence-electron chi connectivity index (χ4n) is 2.30. The Morgan fingerprint density at radius 2 is 1.86 bits per heavy atom. The molecule has 0 saturated heterocycles. The largest absolute Gasteiger partial charge is 0.494 e. The molecule has 1 atom stereocenters. The van der Waals surface area contributed by atoms with Crippen LogP contribution in [0.25, 0.3) is 0 Å². The Kier molecular flexibility index (Phi) is 5.43. The van der Waals surface area contributed by atoms with Gasteiger partial charge in [0.05, 0.1) is 12.7 Å². The van der Waals surface area contributed by atoms with Crippen molar-refractivity contribution in [2.45, 2.75) is 33.3 Å². The fourth-order valence-corrected chi connectivity index (χ4v) is 2.92. The highest BCUT2D eigenvalue weighted by Gasteiger charge is 2.13. The Morgan fingerprint density at radius 1 is 1.10 bits per heavy atom. The molecule has 0 fully saturated rings. The predicted octanol–water partition coefficient (Wildman–Crippen LogP) is 4.74. The van der Waals surface area contributed by atoms with Crippen molar-refractivity contribution < 1.29 is 9.84 Å². The van der Waals surface area contributed by atoms with Crippen LogP contribution >= 0.6 is 15.9 Å². The zero-order valence-electron chi connectivity index (χ0n) is 12.7. The number of benzene rings is 2. The van der Waals surface area contributed by atoms with Gasteiger partial charge in [0.2, 0.25) is 0 Å². The molecule has 0 aliphatic carbocycles. The molecule has 0 radical (unpaired) electrons. The molecule has 0 saturated carbocycles. The van der Waals surface area contributed by atoms with Gasteiger partial charge in [0.1, 0.15) is 5.75 Å². The average molecular weight is 349 g/mol. The van der Waals surface area contributed by atoms with Gasteiger partial charge in [-0.25, -0.2) is 0 Å². The third kappa shape index (κ3) is 4.08. The maximum absolute atomic E-state index is 10.5. The van der Waals surface area contributed by atoms with Crippen molar-refractivity contribution in [1.29, 1.82) is 0 Å². The molecule has 0 aliphatic rings. The molecule has 0 bridgehead atoms. The van der Waals surface area contributed by atoms with Crippen LogP contribution in [0.1, 0.15) is 35.3 Å². The van der Waals surface area contributed by atoms with Gasteiger partial charge >= 0.3 is 0 Å². The number of hydrogen-bond donors (Lipinski definition) is 1. The molecule has 0 spiro atoms. The molecule has 112 valence electrons. The summed E-state index contributed by atoms with van der Waals surface area (Å²) in [5.74, 6) is 0.812. The van der Waals surface area contributed by atoms with Crippen molar-refractivity contribution in [3.63, 3.8) is 0 Å². The third-order valence-corrected chi connectivity index (χ3v) is 4.33. The van der Waals surface area contributed by atoms with Crippen LogP contribution in [0, 0.1) is 13.8 Å². The SMILES string of the molecule is CCOc1ccc(C(O)Cc2ccc(C)c(C)c2)c(Br)c1. The standard InChI is InChI=1S/C18H21BrO2/c1-4-21-15-7-8-16(17(19)11-15)18(20)10-14-6-5-12(2)13(3)9-14/h5-9,11,18,20H,4,10H2,1-3H3. The van der Waals surface area contributed by atoms with Crippen molar-refractivity contribution in [2.75, 3.05) is 6.61 Å². The minimum Gasteiger partial charge on any atom is -0.494 e. The topological polar surface area (TPSA) is 29.5 Å². The molecule has 0 amide bonds. The zero-order valence-corrected chi connectivity index (χ0v) is 14.3. The van der Waals surface area contributed by atoms with E-state index >= 15 is 0 Å². The van der Waals surface area contributed by atoms with Crippen molar-refractivity contribution in [2.24, 2.45) is 0 Å². The predicted molar refractivity (Wildman–Crippen MR) is 89.9 cm³/mol. The second-order valence-corrected chi connectivity index (χ2v) is 6.11. The van der Waals surface area contributed by atoms with E-state index in [0.29, 0.717) is 13.0 Å². The first kappa shape index (κ1) is 16.1. The molecule has 1 unspecified atom stereocenters. The Morgan fingerprint density at radius 3 is 2.48 bits per heavy atom. The summed E-state index contributed by atoms with van der Waals surface area (Å²) in [7, 11) is 0. The van der Waals surface area contributed by atoms with Gasteiger partial charge in [0.25, 0.3) is 0 Å². The number of hydrogen-bond acceptors (Lipinski definition) is 2. The summed E-state index contributed by atoms with van der Waals surface area (Å²) >= 11 is 3.52. The highest BCUT2D eigenvalue weighted by molar-refractivity contribution is 9.10. The molecule has 0 heterocycles. The van der Waals surface area contributed by atoms with E-state index in [-0.39, 0.29) is 0 Å². The molecule has 3 heteroatoms. The molecular weight excluding hydrogens is 328 g/mol. The van der Waals surface area contributed by atoms with Crippen LogP contribution in [0.2, 0.25) is 0 Å². The third-order valence-electron chi connectivity index (χ3n) is 3.64. The van der Waals surface area contributed by atoms with Crippen molar-refractivity contribution in [3.05, 3.63) is 63.1 Å². The lowest BCUT2D eigenvalue weighted by Gasteiger charge is -2.15. The maximum atomic E-state index is 10.5. The molecular formula is C18H21BrO2. The molecule has 2 aromatic carbocycles. The number of aryl methyl sites for hydroxylation is 2. The molecule has 2 rings (SSSR count). The van der Waals surface area contributed by atoms with Gasteiger partial charge in [-0.3, -0.25) is 0 Å². The number of rotatable bonds is 5. The number of aliphatic hydroxyl groups excluding tert-OH is 1. The Balaban J connectivity index is 2.16. The van der Waals surface area contributed by atoms with Gasteiger partial charge < -0.3 is 9.84 Å². The second-order valence-electron chi connectivity index (χ2n) is 5.25. The summed E-state index contributed by atoms with van der Waals surface area (Å²) in [6, 6.07) is 12.0. The van der Waals surface area contributed by atoms with E-state index in [1.807, 2.05) is 25.1 Å². The van der Waals surface area contributed by atoms with Gasteiger partial charge in [-0.15, -0.1) is 0 Å². The molecule has 2 nitrogen and oxygen atoms in total. The summed E-state index contributed by atoms with van der Waals surface area (Å²) in [6.45, 7) is 6.78. The first-order valence-electron chi connectivity index (χ1n) is 7.17. The molecule has 0 aromatic heterocycles. The Hall–Kier alpha value is -1.32. The van der Waals surface area contributed by atoms with Crippen LogP contribution in [0.4, 0.5) is 0 Å². The summed E-state index contributed by atoms with van der Waals surface area (Å²) < 4.78 is 6.34. The molecule has 2 aromatic rings. The summed E-state index contributed by atoms with van der Waals surface area (Å²) in [4.78, 5) is 0. The van der Waals surface area contributed by atoms with Crippen LogP contribution in [0.15, 0.2) is 40.9 Å². The minimum atomic E-state index is -0.530. The average Bonchev–Trinajstić information content (AvgIpc) is 2.43. The lowest BCUT2D eigenvalue weighted by molar-refractivity contribution is 0.177. The van der Waals surface area contributed by atoms with Gasteiger partial charge in [-0.1, -0.05) is 40.2 Å².